The van der Waals surface area contributed by atoms with Crippen LogP contribution in [0, 0.1) is 0 Å². The molecule has 3 heterocycles. The van der Waals surface area contributed by atoms with Crippen molar-refractivity contribution in [1.82, 2.24) is 9.38 Å². The summed E-state index contributed by atoms with van der Waals surface area (Å²) >= 11 is 8.27. The fraction of sp³-hybridized carbons (Fsp3) is 0.467. The van der Waals surface area contributed by atoms with E-state index in [1.54, 1.807) is 12.5 Å². The van der Waals surface area contributed by atoms with E-state index in [9.17, 15) is 4.79 Å². The zero-order valence-corrected chi connectivity index (χ0v) is 13.6. The molecule has 21 heavy (non-hydrogen) atoms. The summed E-state index contributed by atoms with van der Waals surface area (Å²) in [5, 5.41) is 0.585. The second-order valence-electron chi connectivity index (χ2n) is 5.15. The van der Waals surface area contributed by atoms with Crippen LogP contribution in [0.25, 0.3) is 5.52 Å². The average molecular weight is 324 g/mol. The first-order chi connectivity index (χ1) is 10.2. The smallest absolute Gasteiger partial charge is 0.166 e. The van der Waals surface area contributed by atoms with Gasteiger partial charge in [-0.15, -0.1) is 0 Å². The molecular weight excluding hydrogens is 306 g/mol. The maximum atomic E-state index is 12.5. The highest BCUT2D eigenvalue weighted by Gasteiger charge is 2.23. The number of nitrogens with zero attached hydrogens (tertiary/aromatic N) is 3. The van der Waals surface area contributed by atoms with Crippen molar-refractivity contribution in [2.75, 3.05) is 29.5 Å². The van der Waals surface area contributed by atoms with Gasteiger partial charge in [0.25, 0.3) is 0 Å². The Kier molecular flexibility index (Phi) is 4.40. The highest BCUT2D eigenvalue weighted by molar-refractivity contribution is 7.99. The molecule has 0 aliphatic carbocycles. The average Bonchev–Trinajstić information content (AvgIpc) is 2.98. The number of rotatable bonds is 4. The molecule has 1 aliphatic rings. The summed E-state index contributed by atoms with van der Waals surface area (Å²) < 4.78 is 1.96. The molecule has 0 bridgehead atoms. The molecule has 0 saturated carbocycles. The summed E-state index contributed by atoms with van der Waals surface area (Å²) in [7, 11) is 0. The Labute approximate surface area is 133 Å². The first-order valence-electron chi connectivity index (χ1n) is 7.23. The molecule has 1 saturated heterocycles. The number of fused-ring (bicyclic) bond motifs is 1. The Hall–Kier alpha value is -1.20. The van der Waals surface area contributed by atoms with Gasteiger partial charge in [0, 0.05) is 31.0 Å². The number of hydrogen-bond donors (Lipinski definition) is 0. The van der Waals surface area contributed by atoms with Crippen LogP contribution in [0.4, 0.5) is 5.82 Å². The van der Waals surface area contributed by atoms with Crippen LogP contribution in [0.1, 0.15) is 30.1 Å². The molecule has 2 aromatic heterocycles. The van der Waals surface area contributed by atoms with Crippen molar-refractivity contribution in [3.8, 4) is 0 Å². The number of carbonyl (C=O) groups excluding carboxylic acids is 1. The summed E-state index contributed by atoms with van der Waals surface area (Å²) in [4.78, 5) is 19.0. The minimum Gasteiger partial charge on any atom is -0.355 e. The molecule has 0 N–H and O–H groups in total. The minimum absolute atomic E-state index is 0.156. The Balaban J connectivity index is 2.16. The zero-order chi connectivity index (χ0) is 14.8. The second kappa shape index (κ2) is 6.28. The molecule has 6 heteroatoms. The maximum absolute atomic E-state index is 12.5. The molecule has 1 fully saturated rings. The first kappa shape index (κ1) is 14.7. The number of carbonyl (C=O) groups is 1. The Bertz CT molecular complexity index is 664. The van der Waals surface area contributed by atoms with E-state index in [0.717, 1.165) is 47.9 Å². The third-order valence-corrected chi connectivity index (χ3v) is 4.96. The standard InChI is InChI=1S/C15H18ClN3OS/c1-2-3-14(20)11-8-12(16)13-9-17-10-19(13)15(11)18-4-6-21-7-5-18/h8-10H,2-7H2,1H3. The van der Waals surface area contributed by atoms with Crippen LogP contribution >= 0.6 is 23.4 Å². The van der Waals surface area contributed by atoms with Gasteiger partial charge < -0.3 is 4.90 Å². The molecule has 4 nitrogen and oxygen atoms in total. The number of aromatic nitrogens is 2. The number of pyridine rings is 1. The highest BCUT2D eigenvalue weighted by atomic mass is 35.5. The quantitative estimate of drug-likeness (QED) is 0.807. The van der Waals surface area contributed by atoms with Gasteiger partial charge in [-0.2, -0.15) is 11.8 Å². The van der Waals surface area contributed by atoms with E-state index in [2.05, 4.69) is 9.88 Å². The maximum Gasteiger partial charge on any atom is 0.166 e. The van der Waals surface area contributed by atoms with Gasteiger partial charge in [-0.1, -0.05) is 18.5 Å². The summed E-state index contributed by atoms with van der Waals surface area (Å²) in [6, 6.07) is 1.81. The summed E-state index contributed by atoms with van der Waals surface area (Å²) in [5.74, 6) is 3.27. The van der Waals surface area contributed by atoms with Gasteiger partial charge in [-0.3, -0.25) is 9.20 Å². The van der Waals surface area contributed by atoms with Crippen LogP contribution in [0.5, 0.6) is 0 Å². The predicted octanol–water partition coefficient (Wildman–Crippen LogP) is 3.52. The lowest BCUT2D eigenvalue weighted by molar-refractivity contribution is 0.0982. The number of halogens is 1. The van der Waals surface area contributed by atoms with E-state index >= 15 is 0 Å². The predicted molar refractivity (Wildman–Crippen MR) is 89.0 cm³/mol. The summed E-state index contributed by atoms with van der Waals surface area (Å²) in [5.41, 5.74) is 1.58. The lowest BCUT2D eigenvalue weighted by Gasteiger charge is -2.30. The van der Waals surface area contributed by atoms with E-state index in [0.29, 0.717) is 11.4 Å². The van der Waals surface area contributed by atoms with E-state index in [1.165, 1.54) is 0 Å². The fourth-order valence-electron chi connectivity index (χ4n) is 2.70. The van der Waals surface area contributed by atoms with Crippen molar-refractivity contribution in [3.63, 3.8) is 0 Å². The van der Waals surface area contributed by atoms with Gasteiger partial charge in [0.15, 0.2) is 5.78 Å². The van der Waals surface area contributed by atoms with Crippen molar-refractivity contribution in [2.45, 2.75) is 19.8 Å². The van der Waals surface area contributed by atoms with Gasteiger partial charge in [0.05, 0.1) is 22.3 Å². The molecule has 2 aromatic rings. The summed E-state index contributed by atoms with van der Waals surface area (Å²) in [6.45, 7) is 3.92. The molecule has 0 atom stereocenters. The number of imidazole rings is 1. The van der Waals surface area contributed by atoms with Crippen molar-refractivity contribution >= 4 is 40.5 Å². The number of Topliss-reactive ketones (excluding diaryl/α,β-unsaturated/α-hetero) is 1. The zero-order valence-electron chi connectivity index (χ0n) is 12.0. The van der Waals surface area contributed by atoms with Gasteiger partial charge in [0.1, 0.15) is 12.1 Å². The van der Waals surface area contributed by atoms with Gasteiger partial charge >= 0.3 is 0 Å². The van der Waals surface area contributed by atoms with Crippen LogP contribution < -0.4 is 4.90 Å². The molecule has 0 unspecified atom stereocenters. The molecule has 0 amide bonds. The van der Waals surface area contributed by atoms with E-state index < -0.39 is 0 Å². The molecule has 0 radical (unpaired) electrons. The normalized spacial score (nSPS) is 15.6. The Morgan fingerprint density at radius 1 is 1.43 bits per heavy atom. The monoisotopic (exact) mass is 323 g/mol. The molecule has 0 aromatic carbocycles. The molecule has 0 spiro atoms. The highest BCUT2D eigenvalue weighted by Crippen LogP contribution is 2.31. The van der Waals surface area contributed by atoms with Crippen LogP contribution in [0.2, 0.25) is 5.02 Å². The molecule has 3 rings (SSSR count). The lowest BCUT2D eigenvalue weighted by atomic mass is 10.1. The molecule has 1 aliphatic heterocycles. The third-order valence-electron chi connectivity index (χ3n) is 3.71. The van der Waals surface area contributed by atoms with E-state index in [1.807, 2.05) is 29.2 Å². The van der Waals surface area contributed by atoms with E-state index in [-0.39, 0.29) is 5.78 Å². The van der Waals surface area contributed by atoms with Crippen molar-refractivity contribution in [1.29, 1.82) is 0 Å². The third kappa shape index (κ3) is 2.77. The van der Waals surface area contributed by atoms with Crippen molar-refractivity contribution < 1.29 is 4.79 Å². The van der Waals surface area contributed by atoms with Gasteiger partial charge in [0.2, 0.25) is 0 Å². The van der Waals surface area contributed by atoms with E-state index in [4.69, 9.17) is 11.6 Å². The number of hydrogen-bond acceptors (Lipinski definition) is 4. The first-order valence-corrected chi connectivity index (χ1v) is 8.76. The van der Waals surface area contributed by atoms with Gasteiger partial charge in [-0.25, -0.2) is 4.98 Å². The minimum atomic E-state index is 0.156. The Morgan fingerprint density at radius 3 is 2.90 bits per heavy atom. The topological polar surface area (TPSA) is 37.6 Å². The second-order valence-corrected chi connectivity index (χ2v) is 6.78. The largest absolute Gasteiger partial charge is 0.355 e. The van der Waals surface area contributed by atoms with Crippen LogP contribution in [0.15, 0.2) is 18.6 Å². The SMILES string of the molecule is CCCC(=O)c1cc(Cl)c2cncn2c1N1CCSCC1. The van der Waals surface area contributed by atoms with Crippen LogP contribution in [0.3, 0.4) is 0 Å². The number of thioether (sulfide) groups is 1. The van der Waals surface area contributed by atoms with Crippen molar-refractivity contribution in [2.24, 2.45) is 0 Å². The van der Waals surface area contributed by atoms with Crippen LogP contribution in [-0.4, -0.2) is 39.8 Å². The number of ketones is 1. The lowest BCUT2D eigenvalue weighted by Crippen LogP contribution is -2.35. The van der Waals surface area contributed by atoms with Crippen molar-refractivity contribution in [3.05, 3.63) is 29.2 Å². The van der Waals surface area contributed by atoms with Gasteiger partial charge in [-0.05, 0) is 12.5 Å². The fourth-order valence-corrected chi connectivity index (χ4v) is 3.85. The molecular formula is C15H18ClN3OS. The number of anilines is 1. The molecule has 112 valence electrons. The summed E-state index contributed by atoms with van der Waals surface area (Å²) in [6.07, 6.45) is 4.89. The van der Waals surface area contributed by atoms with Crippen LogP contribution in [-0.2, 0) is 0 Å². The Morgan fingerprint density at radius 2 is 2.19 bits per heavy atom.